The molecule has 2 N–H and O–H groups in total. The zero-order valence-corrected chi connectivity index (χ0v) is 11.6. The predicted molar refractivity (Wildman–Crippen MR) is 74.0 cm³/mol. The van der Waals surface area contributed by atoms with Gasteiger partial charge in [0.15, 0.2) is 0 Å². The van der Waals surface area contributed by atoms with Crippen LogP contribution >= 0.6 is 11.6 Å². The highest BCUT2D eigenvalue weighted by Crippen LogP contribution is 2.17. The molecule has 0 aromatic heterocycles. The molecule has 0 saturated carbocycles. The van der Waals surface area contributed by atoms with Crippen molar-refractivity contribution in [2.75, 3.05) is 0 Å². The molecule has 0 aliphatic rings. The van der Waals surface area contributed by atoms with Crippen molar-refractivity contribution in [3.05, 3.63) is 34.9 Å². The van der Waals surface area contributed by atoms with Crippen molar-refractivity contribution in [2.24, 2.45) is 0 Å². The summed E-state index contributed by atoms with van der Waals surface area (Å²) < 4.78 is 0. The molecule has 0 spiro atoms. The number of carboxylic acid groups (broad SMARTS) is 1. The molecule has 3 nitrogen and oxygen atoms in total. The summed E-state index contributed by atoms with van der Waals surface area (Å²) in [5, 5.41) is 13.0. The summed E-state index contributed by atoms with van der Waals surface area (Å²) in [5.41, 5.74) is 1.04. The van der Waals surface area contributed by atoms with Crippen molar-refractivity contribution < 1.29 is 9.90 Å². The van der Waals surface area contributed by atoms with Gasteiger partial charge in [-0.2, -0.15) is 0 Å². The molecule has 0 aliphatic carbocycles. The average molecular weight is 270 g/mol. The van der Waals surface area contributed by atoms with E-state index in [1.54, 1.807) is 0 Å². The maximum Gasteiger partial charge on any atom is 0.320 e. The van der Waals surface area contributed by atoms with E-state index >= 15 is 0 Å². The Labute approximate surface area is 113 Å². The summed E-state index contributed by atoms with van der Waals surface area (Å²) in [4.78, 5) is 11.1. The number of aliphatic carboxylic acids is 1. The number of hydrogen-bond donors (Lipinski definition) is 2. The third-order valence-corrected chi connectivity index (χ3v) is 3.22. The summed E-state index contributed by atoms with van der Waals surface area (Å²) in [6.07, 6.45) is 2.57. The van der Waals surface area contributed by atoms with E-state index in [4.69, 9.17) is 16.7 Å². The molecular weight excluding hydrogens is 250 g/mol. The molecule has 1 aromatic carbocycles. The summed E-state index contributed by atoms with van der Waals surface area (Å²) >= 11 is 5.83. The molecule has 1 rings (SSSR count). The molecule has 0 radical (unpaired) electrons. The van der Waals surface area contributed by atoms with Gasteiger partial charge in [-0.25, -0.2) is 0 Å². The van der Waals surface area contributed by atoms with Gasteiger partial charge in [-0.05, 0) is 31.0 Å². The fraction of sp³-hybridized carbons (Fsp3) is 0.500. The largest absolute Gasteiger partial charge is 0.480 e. The number of halogens is 1. The van der Waals surface area contributed by atoms with Crippen LogP contribution in [0.15, 0.2) is 24.3 Å². The number of rotatable bonds is 7. The lowest BCUT2D eigenvalue weighted by atomic mass is 10.1. The van der Waals surface area contributed by atoms with Crippen LogP contribution in [0.5, 0.6) is 0 Å². The molecule has 1 aromatic rings. The topological polar surface area (TPSA) is 49.3 Å². The van der Waals surface area contributed by atoms with Crippen LogP contribution in [0.4, 0.5) is 0 Å². The van der Waals surface area contributed by atoms with Gasteiger partial charge in [-0.15, -0.1) is 0 Å². The van der Waals surface area contributed by atoms with Gasteiger partial charge in [0, 0.05) is 11.1 Å². The minimum absolute atomic E-state index is 0.000206. The molecule has 0 saturated heterocycles. The highest BCUT2D eigenvalue weighted by Gasteiger charge is 2.19. The van der Waals surface area contributed by atoms with Crippen LogP contribution < -0.4 is 5.32 Å². The number of nitrogens with one attached hydrogen (secondary N) is 1. The van der Waals surface area contributed by atoms with Crippen LogP contribution in [0, 0.1) is 0 Å². The molecule has 100 valence electrons. The first-order valence-corrected chi connectivity index (χ1v) is 6.66. The second-order valence-electron chi connectivity index (χ2n) is 4.47. The van der Waals surface area contributed by atoms with Gasteiger partial charge < -0.3 is 5.11 Å². The SMILES string of the molecule is CCCCC(NC(C)c1ccc(Cl)cc1)C(=O)O. The summed E-state index contributed by atoms with van der Waals surface area (Å²) in [6, 6.07) is 6.97. The molecular formula is C14H20ClNO2. The van der Waals surface area contributed by atoms with Gasteiger partial charge in [0.2, 0.25) is 0 Å². The maximum absolute atomic E-state index is 11.1. The lowest BCUT2D eigenvalue weighted by Crippen LogP contribution is -2.38. The Bertz CT molecular complexity index is 378. The molecule has 0 aliphatic heterocycles. The first-order chi connectivity index (χ1) is 8.54. The Hall–Kier alpha value is -1.06. The summed E-state index contributed by atoms with van der Waals surface area (Å²) in [5.74, 6) is -0.788. The Morgan fingerprint density at radius 3 is 2.50 bits per heavy atom. The van der Waals surface area contributed by atoms with E-state index in [0.717, 1.165) is 18.4 Å². The van der Waals surface area contributed by atoms with Gasteiger partial charge in [0.25, 0.3) is 0 Å². The van der Waals surface area contributed by atoms with E-state index in [1.807, 2.05) is 31.2 Å². The normalized spacial score (nSPS) is 14.2. The van der Waals surface area contributed by atoms with Gasteiger partial charge in [-0.1, -0.05) is 43.5 Å². The van der Waals surface area contributed by atoms with Crippen LogP contribution in [-0.2, 0) is 4.79 Å². The second kappa shape index (κ2) is 7.39. The second-order valence-corrected chi connectivity index (χ2v) is 4.91. The van der Waals surface area contributed by atoms with Gasteiger partial charge in [0.1, 0.15) is 6.04 Å². The van der Waals surface area contributed by atoms with Crippen LogP contribution in [0.1, 0.15) is 44.7 Å². The molecule has 18 heavy (non-hydrogen) atoms. The minimum Gasteiger partial charge on any atom is -0.480 e. The predicted octanol–water partition coefficient (Wildman–Crippen LogP) is 3.63. The number of carboxylic acids is 1. The molecule has 4 heteroatoms. The van der Waals surface area contributed by atoms with Crippen molar-refractivity contribution in [1.82, 2.24) is 5.32 Å². The molecule has 0 bridgehead atoms. The monoisotopic (exact) mass is 269 g/mol. The Morgan fingerprint density at radius 2 is 2.00 bits per heavy atom. The van der Waals surface area contributed by atoms with Crippen LogP contribution in [-0.4, -0.2) is 17.1 Å². The molecule has 2 atom stereocenters. The molecule has 0 amide bonds. The van der Waals surface area contributed by atoms with Crippen molar-refractivity contribution >= 4 is 17.6 Å². The zero-order chi connectivity index (χ0) is 13.5. The minimum atomic E-state index is -0.788. The molecule has 2 unspecified atom stereocenters. The van der Waals surface area contributed by atoms with E-state index < -0.39 is 12.0 Å². The fourth-order valence-electron chi connectivity index (χ4n) is 1.84. The van der Waals surface area contributed by atoms with Gasteiger partial charge in [-0.3, -0.25) is 10.1 Å². The highest BCUT2D eigenvalue weighted by atomic mass is 35.5. The van der Waals surface area contributed by atoms with Gasteiger partial charge in [0.05, 0.1) is 0 Å². The smallest absolute Gasteiger partial charge is 0.320 e. The molecule has 0 heterocycles. The number of hydrogen-bond acceptors (Lipinski definition) is 2. The Kier molecular flexibility index (Phi) is 6.16. The van der Waals surface area contributed by atoms with E-state index in [0.29, 0.717) is 11.4 Å². The van der Waals surface area contributed by atoms with Crippen molar-refractivity contribution in [2.45, 2.75) is 45.2 Å². The first-order valence-electron chi connectivity index (χ1n) is 6.29. The summed E-state index contributed by atoms with van der Waals surface area (Å²) in [7, 11) is 0. The van der Waals surface area contributed by atoms with Crippen LogP contribution in [0.25, 0.3) is 0 Å². The van der Waals surface area contributed by atoms with E-state index in [9.17, 15) is 4.79 Å². The van der Waals surface area contributed by atoms with Gasteiger partial charge >= 0.3 is 5.97 Å². The van der Waals surface area contributed by atoms with E-state index in [1.165, 1.54) is 0 Å². The fourth-order valence-corrected chi connectivity index (χ4v) is 1.96. The lowest BCUT2D eigenvalue weighted by Gasteiger charge is -2.20. The summed E-state index contributed by atoms with van der Waals surface area (Å²) in [6.45, 7) is 4.02. The molecule has 0 fully saturated rings. The zero-order valence-electron chi connectivity index (χ0n) is 10.8. The number of carbonyl (C=O) groups is 1. The van der Waals surface area contributed by atoms with Crippen molar-refractivity contribution in [1.29, 1.82) is 0 Å². The van der Waals surface area contributed by atoms with E-state index in [2.05, 4.69) is 12.2 Å². The van der Waals surface area contributed by atoms with Crippen molar-refractivity contribution in [3.8, 4) is 0 Å². The van der Waals surface area contributed by atoms with Crippen molar-refractivity contribution in [3.63, 3.8) is 0 Å². The quantitative estimate of drug-likeness (QED) is 0.795. The third kappa shape index (κ3) is 4.67. The van der Waals surface area contributed by atoms with Crippen LogP contribution in [0.3, 0.4) is 0 Å². The number of benzene rings is 1. The highest BCUT2D eigenvalue weighted by molar-refractivity contribution is 6.30. The van der Waals surface area contributed by atoms with Crippen LogP contribution in [0.2, 0.25) is 5.02 Å². The Morgan fingerprint density at radius 1 is 1.39 bits per heavy atom. The lowest BCUT2D eigenvalue weighted by molar-refractivity contribution is -0.139. The third-order valence-electron chi connectivity index (χ3n) is 2.97. The average Bonchev–Trinajstić information content (AvgIpc) is 2.34. The first kappa shape index (κ1) is 15.0. The Balaban J connectivity index is 2.62. The van der Waals surface area contributed by atoms with E-state index in [-0.39, 0.29) is 6.04 Å². The standard InChI is InChI=1S/C14H20ClNO2/c1-3-4-5-13(14(17)18)16-10(2)11-6-8-12(15)9-7-11/h6-10,13,16H,3-5H2,1-2H3,(H,17,18). The maximum atomic E-state index is 11.1. The number of unbranched alkanes of at least 4 members (excludes halogenated alkanes) is 1.